The van der Waals surface area contributed by atoms with Crippen LogP contribution < -0.4 is 4.74 Å². The van der Waals surface area contributed by atoms with E-state index in [1.165, 1.54) is 18.1 Å². The number of alkyl halides is 1. The third-order valence-corrected chi connectivity index (χ3v) is 4.50. The Bertz CT molecular complexity index is 731. The van der Waals surface area contributed by atoms with Crippen molar-refractivity contribution in [2.45, 2.75) is 25.2 Å². The molecule has 0 spiro atoms. The highest BCUT2D eigenvalue weighted by Crippen LogP contribution is 2.24. The number of carbonyl (C=O) groups excluding carboxylic acids is 1. The third kappa shape index (κ3) is 3.81. The molecule has 0 bridgehead atoms. The van der Waals surface area contributed by atoms with E-state index in [1.54, 1.807) is 17.9 Å². The number of amides is 1. The molecule has 2 aromatic rings. The minimum Gasteiger partial charge on any atom is -0.479 e. The van der Waals surface area contributed by atoms with Crippen LogP contribution in [0.1, 0.15) is 22.7 Å². The fourth-order valence-electron chi connectivity index (χ4n) is 3.11. The van der Waals surface area contributed by atoms with Crippen LogP contribution in [0, 0.1) is 0 Å². The molecule has 2 atom stereocenters. The summed E-state index contributed by atoms with van der Waals surface area (Å²) in [4.78, 5) is 16.0. The topological polar surface area (TPSA) is 76.6 Å². The Balaban J connectivity index is 1.64. The van der Waals surface area contributed by atoms with Crippen LogP contribution in [0.2, 0.25) is 0 Å². The van der Waals surface area contributed by atoms with Crippen LogP contribution >= 0.6 is 0 Å². The Kier molecular flexibility index (Phi) is 5.03. The summed E-state index contributed by atoms with van der Waals surface area (Å²) in [6, 6.07) is 3.29. The molecule has 1 amide bonds. The summed E-state index contributed by atoms with van der Waals surface area (Å²) in [5, 5.41) is 7.77. The number of ether oxygens (including phenoxy) is 1. The van der Waals surface area contributed by atoms with Gasteiger partial charge in [0.05, 0.1) is 18.9 Å². The minimum absolute atomic E-state index is 0.0660. The summed E-state index contributed by atoms with van der Waals surface area (Å²) in [5.41, 5.74) is 1.01. The van der Waals surface area contributed by atoms with Gasteiger partial charge in [0.2, 0.25) is 5.76 Å². The number of methoxy groups -OCH3 is 1. The average Bonchev–Trinajstić information content (AvgIpc) is 3.29. The van der Waals surface area contributed by atoms with Crippen molar-refractivity contribution < 1.29 is 18.4 Å². The number of halogens is 1. The molecular weight excluding hydrogens is 329 g/mol. The number of hydrogen-bond acceptors (Lipinski definition) is 6. The molecule has 25 heavy (non-hydrogen) atoms. The van der Waals surface area contributed by atoms with Crippen molar-refractivity contribution in [3.05, 3.63) is 29.8 Å². The summed E-state index contributed by atoms with van der Waals surface area (Å²) in [6.07, 6.45) is 1.22. The second kappa shape index (κ2) is 7.22. The number of aromatic nitrogens is 3. The minimum atomic E-state index is -0.896. The normalized spacial score (nSPS) is 20.8. The molecule has 3 heterocycles. The number of hydrogen-bond donors (Lipinski definition) is 0. The number of nitrogens with zero attached hydrogens (tertiary/aromatic N) is 5. The highest BCUT2D eigenvalue weighted by atomic mass is 19.1. The van der Waals surface area contributed by atoms with Gasteiger partial charge in [-0.1, -0.05) is 0 Å². The summed E-state index contributed by atoms with van der Waals surface area (Å²) in [5.74, 6) is 0.0465. The lowest BCUT2D eigenvalue weighted by Crippen LogP contribution is -2.41. The van der Waals surface area contributed by atoms with Crippen molar-refractivity contribution in [3.8, 4) is 5.88 Å². The number of aryl methyl sites for hydroxylation is 1. The van der Waals surface area contributed by atoms with E-state index in [2.05, 4.69) is 10.3 Å². The standard InChI is InChI=1S/C16H22FN5O3/c1-20(16(23)14-7-15(24-3)19-25-14)9-13-6-11(17)8-22(13)10-12-4-5-18-21(12)2/h4-5,7,11,13H,6,8-10H2,1-3H3/t11-,13-/m0/s1. The lowest BCUT2D eigenvalue weighted by atomic mass is 10.2. The molecule has 2 aromatic heterocycles. The molecule has 136 valence electrons. The lowest BCUT2D eigenvalue weighted by Gasteiger charge is -2.27. The van der Waals surface area contributed by atoms with Gasteiger partial charge in [-0.2, -0.15) is 5.10 Å². The first kappa shape index (κ1) is 17.4. The van der Waals surface area contributed by atoms with Crippen LogP contribution in [0.15, 0.2) is 22.9 Å². The molecule has 0 unspecified atom stereocenters. The summed E-state index contributed by atoms with van der Waals surface area (Å²) >= 11 is 0. The third-order valence-electron chi connectivity index (χ3n) is 4.50. The maximum absolute atomic E-state index is 14.0. The van der Waals surface area contributed by atoms with Crippen LogP contribution in [0.25, 0.3) is 0 Å². The Hall–Kier alpha value is -2.42. The molecule has 8 nitrogen and oxygen atoms in total. The molecule has 0 N–H and O–H groups in total. The fraction of sp³-hybridized carbons (Fsp3) is 0.562. The van der Waals surface area contributed by atoms with E-state index >= 15 is 0 Å². The molecule has 9 heteroatoms. The average molecular weight is 351 g/mol. The smallest absolute Gasteiger partial charge is 0.292 e. The first-order valence-electron chi connectivity index (χ1n) is 8.09. The molecule has 0 radical (unpaired) electrons. The Morgan fingerprint density at radius 3 is 3.00 bits per heavy atom. The Labute approximate surface area is 145 Å². The SMILES string of the molecule is COc1cc(C(=O)N(C)C[C@@H]2C[C@H](F)CN2Cc2ccnn2C)on1. The van der Waals surface area contributed by atoms with Crippen LogP contribution in [-0.2, 0) is 13.6 Å². The van der Waals surface area contributed by atoms with Crippen LogP contribution in [0.5, 0.6) is 5.88 Å². The predicted octanol–water partition coefficient (Wildman–Crippen LogP) is 1.10. The number of likely N-dealkylation sites (N-methyl/N-ethyl adjacent to an activating group) is 1. The molecule has 1 aliphatic rings. The van der Waals surface area contributed by atoms with Gasteiger partial charge in [0.25, 0.3) is 11.8 Å². The van der Waals surface area contributed by atoms with Gasteiger partial charge in [-0.25, -0.2) is 4.39 Å². The molecular formula is C16H22FN5O3. The van der Waals surface area contributed by atoms with E-state index < -0.39 is 6.17 Å². The van der Waals surface area contributed by atoms with E-state index in [0.29, 0.717) is 26.1 Å². The van der Waals surface area contributed by atoms with E-state index in [4.69, 9.17) is 9.26 Å². The highest BCUT2D eigenvalue weighted by molar-refractivity contribution is 5.91. The largest absolute Gasteiger partial charge is 0.479 e. The van der Waals surface area contributed by atoms with Gasteiger partial charge in [-0.15, -0.1) is 0 Å². The lowest BCUT2D eigenvalue weighted by molar-refractivity contribution is 0.0707. The van der Waals surface area contributed by atoms with Crippen molar-refractivity contribution >= 4 is 5.91 Å². The van der Waals surface area contributed by atoms with Crippen LogP contribution in [0.4, 0.5) is 4.39 Å². The number of rotatable bonds is 6. The van der Waals surface area contributed by atoms with Crippen molar-refractivity contribution in [3.63, 3.8) is 0 Å². The molecule has 3 rings (SSSR count). The second-order valence-corrected chi connectivity index (χ2v) is 6.28. The van der Waals surface area contributed by atoms with E-state index in [9.17, 15) is 9.18 Å². The first-order valence-corrected chi connectivity index (χ1v) is 8.09. The maximum Gasteiger partial charge on any atom is 0.292 e. The predicted molar refractivity (Wildman–Crippen MR) is 86.9 cm³/mol. The van der Waals surface area contributed by atoms with Gasteiger partial charge in [0.1, 0.15) is 6.17 Å². The van der Waals surface area contributed by atoms with Gasteiger partial charge in [0.15, 0.2) is 0 Å². The molecule has 0 aromatic carbocycles. The van der Waals surface area contributed by atoms with Crippen molar-refractivity contribution in [1.82, 2.24) is 24.7 Å². The van der Waals surface area contributed by atoms with Gasteiger partial charge in [-0.05, 0) is 17.6 Å². The van der Waals surface area contributed by atoms with Gasteiger partial charge in [-0.3, -0.25) is 14.4 Å². The van der Waals surface area contributed by atoms with E-state index in [-0.39, 0.29) is 23.6 Å². The van der Waals surface area contributed by atoms with Crippen LogP contribution in [0.3, 0.4) is 0 Å². The highest BCUT2D eigenvalue weighted by Gasteiger charge is 2.34. The van der Waals surface area contributed by atoms with Crippen LogP contribution in [-0.4, -0.2) is 70.1 Å². The molecule has 1 saturated heterocycles. The summed E-state index contributed by atoms with van der Waals surface area (Å²) in [6.45, 7) is 1.36. The molecule has 1 fully saturated rings. The maximum atomic E-state index is 14.0. The van der Waals surface area contributed by atoms with E-state index in [0.717, 1.165) is 5.69 Å². The molecule has 0 aliphatic carbocycles. The van der Waals surface area contributed by atoms with Crippen molar-refractivity contribution in [2.75, 3.05) is 27.2 Å². The Morgan fingerprint density at radius 2 is 2.36 bits per heavy atom. The van der Waals surface area contributed by atoms with Gasteiger partial charge >= 0.3 is 0 Å². The second-order valence-electron chi connectivity index (χ2n) is 6.28. The monoisotopic (exact) mass is 351 g/mol. The summed E-state index contributed by atoms with van der Waals surface area (Å²) < 4.78 is 25.6. The van der Waals surface area contributed by atoms with Crippen molar-refractivity contribution in [2.24, 2.45) is 7.05 Å². The van der Waals surface area contributed by atoms with Crippen molar-refractivity contribution in [1.29, 1.82) is 0 Å². The fourth-order valence-corrected chi connectivity index (χ4v) is 3.11. The number of likely N-dealkylation sites (tertiary alicyclic amines) is 1. The zero-order valence-corrected chi connectivity index (χ0v) is 14.6. The van der Waals surface area contributed by atoms with Gasteiger partial charge < -0.3 is 14.2 Å². The first-order chi connectivity index (χ1) is 12.0. The summed E-state index contributed by atoms with van der Waals surface area (Å²) in [7, 11) is 4.98. The Morgan fingerprint density at radius 1 is 1.56 bits per heavy atom. The zero-order chi connectivity index (χ0) is 18.0. The zero-order valence-electron chi connectivity index (χ0n) is 14.6. The number of carbonyl (C=O) groups is 1. The van der Waals surface area contributed by atoms with Gasteiger partial charge in [0, 0.05) is 46.0 Å². The molecule has 1 aliphatic heterocycles. The van der Waals surface area contributed by atoms with E-state index in [1.807, 2.05) is 18.0 Å². The molecule has 0 saturated carbocycles. The quantitative estimate of drug-likeness (QED) is 0.776.